The fraction of sp³-hybridized carbons (Fsp3) is 0.467. The zero-order valence-corrected chi connectivity index (χ0v) is 11.3. The maximum Gasteiger partial charge on any atom is 0.189 e. The molecule has 0 saturated carbocycles. The second-order valence-corrected chi connectivity index (χ2v) is 5.31. The van der Waals surface area contributed by atoms with E-state index in [9.17, 15) is 0 Å². The predicted octanol–water partition coefficient (Wildman–Crippen LogP) is 2.29. The molecular formula is C15H20N2O2. The molecule has 2 N–H and O–H groups in total. The molecular weight excluding hydrogens is 240 g/mol. The Hall–Kier alpha value is -1.52. The third-order valence-corrected chi connectivity index (χ3v) is 3.72. The molecule has 0 unspecified atom stereocenters. The maximum absolute atomic E-state index is 5.97. The Balaban J connectivity index is 1.82. The summed E-state index contributed by atoms with van der Waals surface area (Å²) in [5, 5.41) is 0. The van der Waals surface area contributed by atoms with Crippen LogP contribution >= 0.6 is 0 Å². The van der Waals surface area contributed by atoms with Crippen molar-refractivity contribution in [1.29, 1.82) is 0 Å². The third kappa shape index (κ3) is 2.74. The number of nitrogens with zero attached hydrogens (tertiary/aromatic N) is 1. The summed E-state index contributed by atoms with van der Waals surface area (Å²) in [5.41, 5.74) is 10.5. The fourth-order valence-electron chi connectivity index (χ4n) is 2.64. The largest absolute Gasteiger partial charge is 0.467 e. The van der Waals surface area contributed by atoms with Crippen molar-refractivity contribution in [2.24, 2.45) is 0 Å². The van der Waals surface area contributed by atoms with E-state index >= 15 is 0 Å². The first-order chi connectivity index (χ1) is 9.22. The first kappa shape index (κ1) is 12.5. The highest BCUT2D eigenvalue weighted by Crippen LogP contribution is 2.32. The Morgan fingerprint density at radius 1 is 1.37 bits per heavy atom. The Bertz CT molecular complexity index is 511. The van der Waals surface area contributed by atoms with Crippen LogP contribution in [-0.4, -0.2) is 24.8 Å². The first-order valence-corrected chi connectivity index (χ1v) is 6.72. The molecule has 0 spiro atoms. The molecule has 2 aliphatic heterocycles. The third-order valence-electron chi connectivity index (χ3n) is 3.72. The number of nitrogens with two attached hydrogens (primary N) is 1. The SMILES string of the molecule is CC1=CCN(Cc2cc(N)cc3c2OCOC3)CC1. The van der Waals surface area contributed by atoms with Gasteiger partial charge in [-0.15, -0.1) is 0 Å². The molecule has 0 atom stereocenters. The Morgan fingerprint density at radius 2 is 2.26 bits per heavy atom. The number of fused-ring (bicyclic) bond motifs is 1. The first-order valence-electron chi connectivity index (χ1n) is 6.72. The highest BCUT2D eigenvalue weighted by molar-refractivity contribution is 5.53. The normalized spacial score (nSPS) is 19.5. The molecule has 3 rings (SSSR count). The van der Waals surface area contributed by atoms with Crippen LogP contribution in [-0.2, 0) is 17.9 Å². The fourth-order valence-corrected chi connectivity index (χ4v) is 2.64. The molecule has 1 aromatic carbocycles. The van der Waals surface area contributed by atoms with Crippen LogP contribution in [0.5, 0.6) is 5.75 Å². The summed E-state index contributed by atoms with van der Waals surface area (Å²) in [6.45, 7) is 6.11. The Labute approximate surface area is 113 Å². The summed E-state index contributed by atoms with van der Waals surface area (Å²) in [6.07, 6.45) is 3.45. The number of hydrogen-bond donors (Lipinski definition) is 1. The minimum Gasteiger partial charge on any atom is -0.467 e. The van der Waals surface area contributed by atoms with Crippen molar-refractivity contribution in [2.75, 3.05) is 25.6 Å². The van der Waals surface area contributed by atoms with Gasteiger partial charge in [0.15, 0.2) is 6.79 Å². The second kappa shape index (κ2) is 5.23. The highest BCUT2D eigenvalue weighted by Gasteiger charge is 2.18. The van der Waals surface area contributed by atoms with Crippen molar-refractivity contribution < 1.29 is 9.47 Å². The average molecular weight is 260 g/mol. The van der Waals surface area contributed by atoms with E-state index in [-0.39, 0.29) is 0 Å². The number of benzene rings is 1. The number of rotatable bonds is 2. The smallest absolute Gasteiger partial charge is 0.189 e. The van der Waals surface area contributed by atoms with Crippen LogP contribution in [0.4, 0.5) is 5.69 Å². The molecule has 0 fully saturated rings. The molecule has 2 aliphatic rings. The van der Waals surface area contributed by atoms with Gasteiger partial charge in [0.1, 0.15) is 5.75 Å². The molecule has 0 bridgehead atoms. The molecule has 4 nitrogen and oxygen atoms in total. The van der Waals surface area contributed by atoms with E-state index in [1.807, 2.05) is 12.1 Å². The summed E-state index contributed by atoms with van der Waals surface area (Å²) in [6, 6.07) is 3.97. The number of nitrogen functional groups attached to an aromatic ring is 1. The van der Waals surface area contributed by atoms with Crippen LogP contribution < -0.4 is 10.5 Å². The van der Waals surface area contributed by atoms with Gasteiger partial charge in [0.2, 0.25) is 0 Å². The van der Waals surface area contributed by atoms with Gasteiger partial charge in [-0.1, -0.05) is 11.6 Å². The lowest BCUT2D eigenvalue weighted by atomic mass is 10.0. The average Bonchev–Trinajstić information content (AvgIpc) is 2.41. The lowest BCUT2D eigenvalue weighted by molar-refractivity contribution is -0.0174. The van der Waals surface area contributed by atoms with E-state index in [2.05, 4.69) is 17.9 Å². The van der Waals surface area contributed by atoms with Crippen molar-refractivity contribution in [1.82, 2.24) is 4.90 Å². The molecule has 2 heterocycles. The van der Waals surface area contributed by atoms with Gasteiger partial charge in [0, 0.05) is 36.4 Å². The van der Waals surface area contributed by atoms with Crippen molar-refractivity contribution in [3.63, 3.8) is 0 Å². The van der Waals surface area contributed by atoms with Crippen molar-refractivity contribution in [3.05, 3.63) is 34.9 Å². The van der Waals surface area contributed by atoms with E-state index in [1.165, 1.54) is 11.1 Å². The van der Waals surface area contributed by atoms with Gasteiger partial charge >= 0.3 is 0 Å². The van der Waals surface area contributed by atoms with Crippen molar-refractivity contribution >= 4 is 5.69 Å². The Kier molecular flexibility index (Phi) is 3.44. The lowest BCUT2D eigenvalue weighted by Gasteiger charge is -2.28. The van der Waals surface area contributed by atoms with Crippen LogP contribution in [0.15, 0.2) is 23.8 Å². The topological polar surface area (TPSA) is 47.7 Å². The molecule has 102 valence electrons. The molecule has 0 amide bonds. The minimum absolute atomic E-state index is 0.336. The summed E-state index contributed by atoms with van der Waals surface area (Å²) in [5.74, 6) is 0.965. The van der Waals surface area contributed by atoms with Crippen molar-refractivity contribution in [2.45, 2.75) is 26.5 Å². The summed E-state index contributed by atoms with van der Waals surface area (Å²) < 4.78 is 11.0. The van der Waals surface area contributed by atoms with Crippen LogP contribution in [0, 0.1) is 0 Å². The number of ether oxygens (including phenoxy) is 2. The molecule has 0 radical (unpaired) electrons. The van der Waals surface area contributed by atoms with Gasteiger partial charge in [-0.2, -0.15) is 0 Å². The molecule has 4 heteroatoms. The van der Waals surface area contributed by atoms with Crippen LogP contribution in [0.2, 0.25) is 0 Å². The number of hydrogen-bond acceptors (Lipinski definition) is 4. The molecule has 0 aliphatic carbocycles. The highest BCUT2D eigenvalue weighted by atomic mass is 16.7. The van der Waals surface area contributed by atoms with Gasteiger partial charge in [-0.3, -0.25) is 4.90 Å². The van der Waals surface area contributed by atoms with Crippen LogP contribution in [0.3, 0.4) is 0 Å². The van der Waals surface area contributed by atoms with E-state index in [1.54, 1.807) is 0 Å². The van der Waals surface area contributed by atoms with E-state index in [0.29, 0.717) is 13.4 Å². The van der Waals surface area contributed by atoms with E-state index in [0.717, 1.165) is 43.1 Å². The second-order valence-electron chi connectivity index (χ2n) is 5.31. The van der Waals surface area contributed by atoms with Gasteiger partial charge in [0.25, 0.3) is 0 Å². The standard InChI is InChI=1S/C15H20N2O2/c1-11-2-4-17(5-3-11)8-12-6-14(16)7-13-9-18-10-19-15(12)13/h2,6-7H,3-5,8-10,16H2,1H3. The zero-order valence-electron chi connectivity index (χ0n) is 11.3. The van der Waals surface area contributed by atoms with Crippen molar-refractivity contribution in [3.8, 4) is 5.75 Å². The minimum atomic E-state index is 0.336. The van der Waals surface area contributed by atoms with Crippen LogP contribution in [0.25, 0.3) is 0 Å². The van der Waals surface area contributed by atoms with Gasteiger partial charge in [-0.05, 0) is 25.5 Å². The summed E-state index contributed by atoms with van der Waals surface area (Å²) in [4.78, 5) is 2.42. The summed E-state index contributed by atoms with van der Waals surface area (Å²) >= 11 is 0. The quantitative estimate of drug-likeness (QED) is 0.654. The van der Waals surface area contributed by atoms with Gasteiger partial charge in [-0.25, -0.2) is 0 Å². The molecule has 0 saturated heterocycles. The molecule has 1 aromatic rings. The van der Waals surface area contributed by atoms with E-state index < -0.39 is 0 Å². The summed E-state index contributed by atoms with van der Waals surface area (Å²) in [7, 11) is 0. The number of anilines is 1. The van der Waals surface area contributed by atoms with Crippen LogP contribution in [0.1, 0.15) is 24.5 Å². The predicted molar refractivity (Wildman–Crippen MR) is 74.8 cm³/mol. The maximum atomic E-state index is 5.97. The molecule has 0 aromatic heterocycles. The zero-order chi connectivity index (χ0) is 13.2. The lowest BCUT2D eigenvalue weighted by Crippen LogP contribution is -2.28. The van der Waals surface area contributed by atoms with E-state index in [4.69, 9.17) is 15.2 Å². The Morgan fingerprint density at radius 3 is 3.05 bits per heavy atom. The van der Waals surface area contributed by atoms with Gasteiger partial charge < -0.3 is 15.2 Å². The monoisotopic (exact) mass is 260 g/mol. The molecule has 19 heavy (non-hydrogen) atoms. The van der Waals surface area contributed by atoms with Gasteiger partial charge in [0.05, 0.1) is 6.61 Å².